The standard InChI is InChI=1S/C15H22FNO3/c1-11-8-12(4-5-13(11)16)14-9-17(6-7-20-14)10-15(18-2)19-3/h4-5,8,14-15H,6-7,9-10H2,1-3H3/t14-/m0/s1. The fourth-order valence-corrected chi connectivity index (χ4v) is 2.39. The maximum absolute atomic E-state index is 13.3. The zero-order valence-corrected chi connectivity index (χ0v) is 12.3. The van der Waals surface area contributed by atoms with E-state index < -0.39 is 0 Å². The Morgan fingerprint density at radius 1 is 1.40 bits per heavy atom. The predicted molar refractivity (Wildman–Crippen MR) is 74.1 cm³/mol. The number of halogens is 1. The highest BCUT2D eigenvalue weighted by molar-refractivity contribution is 5.26. The van der Waals surface area contributed by atoms with E-state index in [-0.39, 0.29) is 18.2 Å². The van der Waals surface area contributed by atoms with Crippen LogP contribution in [0.5, 0.6) is 0 Å². The fourth-order valence-electron chi connectivity index (χ4n) is 2.39. The second-order valence-electron chi connectivity index (χ2n) is 5.03. The van der Waals surface area contributed by atoms with Gasteiger partial charge in [-0.25, -0.2) is 4.39 Å². The highest BCUT2D eigenvalue weighted by Gasteiger charge is 2.24. The molecule has 112 valence electrons. The second kappa shape index (κ2) is 7.13. The van der Waals surface area contributed by atoms with E-state index >= 15 is 0 Å². The SMILES string of the molecule is COC(CN1CCO[C@H](c2ccc(F)c(C)c2)C1)OC. The molecule has 0 saturated carbocycles. The van der Waals surface area contributed by atoms with Crippen LogP contribution in [0.25, 0.3) is 0 Å². The molecule has 1 heterocycles. The van der Waals surface area contributed by atoms with Gasteiger partial charge < -0.3 is 14.2 Å². The Kier molecular flexibility index (Phi) is 5.48. The van der Waals surface area contributed by atoms with E-state index in [1.807, 2.05) is 6.07 Å². The Morgan fingerprint density at radius 2 is 2.15 bits per heavy atom. The molecule has 0 spiro atoms. The lowest BCUT2D eigenvalue weighted by Crippen LogP contribution is -2.43. The zero-order valence-electron chi connectivity index (χ0n) is 12.3. The molecule has 20 heavy (non-hydrogen) atoms. The van der Waals surface area contributed by atoms with E-state index in [1.54, 1.807) is 27.2 Å². The van der Waals surface area contributed by atoms with Gasteiger partial charge in [0.25, 0.3) is 0 Å². The van der Waals surface area contributed by atoms with Crippen LogP contribution in [0, 0.1) is 12.7 Å². The maximum atomic E-state index is 13.3. The normalized spacial score (nSPS) is 20.6. The molecule has 0 amide bonds. The number of rotatable bonds is 5. The number of morpholine rings is 1. The number of methoxy groups -OCH3 is 2. The Morgan fingerprint density at radius 3 is 2.80 bits per heavy atom. The van der Waals surface area contributed by atoms with Gasteiger partial charge in [0.15, 0.2) is 6.29 Å². The van der Waals surface area contributed by atoms with Crippen molar-refractivity contribution in [2.45, 2.75) is 19.3 Å². The largest absolute Gasteiger partial charge is 0.371 e. The molecule has 2 rings (SSSR count). The second-order valence-corrected chi connectivity index (χ2v) is 5.03. The van der Waals surface area contributed by atoms with Crippen molar-refractivity contribution in [1.29, 1.82) is 0 Å². The topological polar surface area (TPSA) is 30.9 Å². The van der Waals surface area contributed by atoms with Gasteiger partial charge in [0.2, 0.25) is 0 Å². The van der Waals surface area contributed by atoms with Gasteiger partial charge in [-0.2, -0.15) is 0 Å². The first-order valence-electron chi connectivity index (χ1n) is 6.79. The lowest BCUT2D eigenvalue weighted by atomic mass is 10.0. The van der Waals surface area contributed by atoms with Crippen molar-refractivity contribution < 1.29 is 18.6 Å². The summed E-state index contributed by atoms with van der Waals surface area (Å²) in [5, 5.41) is 0. The summed E-state index contributed by atoms with van der Waals surface area (Å²) in [7, 11) is 3.27. The van der Waals surface area contributed by atoms with E-state index in [1.165, 1.54) is 6.07 Å². The molecule has 0 unspecified atom stereocenters. The molecule has 4 nitrogen and oxygen atoms in total. The van der Waals surface area contributed by atoms with Crippen molar-refractivity contribution in [3.63, 3.8) is 0 Å². The lowest BCUT2D eigenvalue weighted by molar-refractivity contribution is -0.131. The minimum absolute atomic E-state index is 0.0302. The third kappa shape index (κ3) is 3.76. The number of hydrogen-bond donors (Lipinski definition) is 0. The van der Waals surface area contributed by atoms with Crippen molar-refractivity contribution >= 4 is 0 Å². The average Bonchev–Trinajstić information content (AvgIpc) is 2.48. The smallest absolute Gasteiger partial charge is 0.169 e. The van der Waals surface area contributed by atoms with Gasteiger partial charge in [-0.05, 0) is 24.1 Å². The fraction of sp³-hybridized carbons (Fsp3) is 0.600. The summed E-state index contributed by atoms with van der Waals surface area (Å²) >= 11 is 0. The number of aryl methyl sites for hydroxylation is 1. The molecule has 1 fully saturated rings. The van der Waals surface area contributed by atoms with Crippen molar-refractivity contribution in [3.05, 3.63) is 35.1 Å². The Hall–Kier alpha value is -1.01. The van der Waals surface area contributed by atoms with E-state index in [9.17, 15) is 4.39 Å². The minimum Gasteiger partial charge on any atom is -0.371 e. The van der Waals surface area contributed by atoms with E-state index in [2.05, 4.69) is 4.90 Å². The quantitative estimate of drug-likeness (QED) is 0.775. The first-order chi connectivity index (χ1) is 9.63. The Balaban J connectivity index is 2.00. The first kappa shape index (κ1) is 15.4. The van der Waals surface area contributed by atoms with Crippen LogP contribution in [0.15, 0.2) is 18.2 Å². The van der Waals surface area contributed by atoms with E-state index in [0.717, 1.165) is 18.7 Å². The summed E-state index contributed by atoms with van der Waals surface area (Å²) in [6.07, 6.45) is -0.263. The number of nitrogens with zero attached hydrogens (tertiary/aromatic N) is 1. The van der Waals surface area contributed by atoms with Crippen molar-refractivity contribution in [2.75, 3.05) is 40.5 Å². The summed E-state index contributed by atoms with van der Waals surface area (Å²) in [5.41, 5.74) is 1.66. The van der Waals surface area contributed by atoms with Crippen molar-refractivity contribution in [1.82, 2.24) is 4.90 Å². The molecule has 0 aliphatic carbocycles. The van der Waals surface area contributed by atoms with Gasteiger partial charge in [-0.15, -0.1) is 0 Å². The summed E-state index contributed by atoms with van der Waals surface area (Å²) < 4.78 is 29.6. The number of hydrogen-bond acceptors (Lipinski definition) is 4. The molecule has 1 saturated heterocycles. The third-order valence-corrected chi connectivity index (χ3v) is 3.64. The van der Waals surface area contributed by atoms with Gasteiger partial charge in [0.1, 0.15) is 5.82 Å². The summed E-state index contributed by atoms with van der Waals surface area (Å²) in [6, 6.07) is 5.15. The molecule has 0 aromatic heterocycles. The molecule has 1 aromatic carbocycles. The average molecular weight is 283 g/mol. The van der Waals surface area contributed by atoms with E-state index in [4.69, 9.17) is 14.2 Å². The van der Waals surface area contributed by atoms with Crippen LogP contribution < -0.4 is 0 Å². The monoisotopic (exact) mass is 283 g/mol. The highest BCUT2D eigenvalue weighted by atomic mass is 19.1. The van der Waals surface area contributed by atoms with Gasteiger partial charge in [0.05, 0.1) is 12.7 Å². The Bertz CT molecular complexity index is 437. The summed E-state index contributed by atoms with van der Waals surface area (Å²) in [4.78, 5) is 2.24. The van der Waals surface area contributed by atoms with E-state index in [0.29, 0.717) is 18.7 Å². The molecule has 0 N–H and O–H groups in total. The molecular weight excluding hydrogens is 261 g/mol. The minimum atomic E-state index is -0.233. The number of benzene rings is 1. The van der Waals surface area contributed by atoms with Crippen molar-refractivity contribution in [2.24, 2.45) is 0 Å². The first-order valence-corrected chi connectivity index (χ1v) is 6.79. The third-order valence-electron chi connectivity index (χ3n) is 3.64. The maximum Gasteiger partial charge on any atom is 0.169 e. The lowest BCUT2D eigenvalue weighted by Gasteiger charge is -2.34. The zero-order chi connectivity index (χ0) is 14.5. The predicted octanol–water partition coefficient (Wildman–Crippen LogP) is 2.13. The van der Waals surface area contributed by atoms with Gasteiger partial charge >= 0.3 is 0 Å². The molecule has 0 bridgehead atoms. The summed E-state index contributed by atoms with van der Waals surface area (Å²) in [5.74, 6) is -0.180. The van der Waals surface area contributed by atoms with Crippen molar-refractivity contribution in [3.8, 4) is 0 Å². The molecule has 5 heteroatoms. The highest BCUT2D eigenvalue weighted by Crippen LogP contribution is 2.24. The van der Waals surface area contributed by atoms with Crippen LogP contribution in [0.2, 0.25) is 0 Å². The van der Waals surface area contributed by atoms with Crippen LogP contribution in [0.4, 0.5) is 4.39 Å². The van der Waals surface area contributed by atoms with Gasteiger partial charge in [0, 0.05) is 33.9 Å². The molecule has 1 atom stereocenters. The van der Waals surface area contributed by atoms with Crippen LogP contribution in [-0.2, 0) is 14.2 Å². The molecule has 1 aromatic rings. The molecular formula is C15H22FNO3. The van der Waals surface area contributed by atoms with Gasteiger partial charge in [-0.1, -0.05) is 12.1 Å². The molecule has 1 aliphatic heterocycles. The molecule has 0 radical (unpaired) electrons. The number of ether oxygens (including phenoxy) is 3. The van der Waals surface area contributed by atoms with Crippen LogP contribution in [-0.4, -0.2) is 51.7 Å². The Labute approximate surface area is 119 Å². The summed E-state index contributed by atoms with van der Waals surface area (Å²) in [6.45, 7) is 4.73. The molecule has 1 aliphatic rings. The van der Waals surface area contributed by atoms with Crippen LogP contribution in [0.1, 0.15) is 17.2 Å². The van der Waals surface area contributed by atoms with Crippen LogP contribution >= 0.6 is 0 Å². The van der Waals surface area contributed by atoms with Gasteiger partial charge in [-0.3, -0.25) is 4.90 Å². The van der Waals surface area contributed by atoms with Crippen LogP contribution in [0.3, 0.4) is 0 Å².